The molecule has 0 aliphatic carbocycles. The lowest BCUT2D eigenvalue weighted by Crippen LogP contribution is -2.21. The fourth-order valence-electron chi connectivity index (χ4n) is 3.15. The van der Waals surface area contributed by atoms with Crippen LogP contribution in [0.3, 0.4) is 0 Å². The lowest BCUT2D eigenvalue weighted by Gasteiger charge is -2.21. The molecule has 12 nitrogen and oxygen atoms in total. The van der Waals surface area contributed by atoms with E-state index in [0.29, 0.717) is 11.5 Å². The van der Waals surface area contributed by atoms with Gasteiger partial charge in [0.15, 0.2) is 4.90 Å². The van der Waals surface area contributed by atoms with Crippen molar-refractivity contribution in [2.45, 2.75) is 18.7 Å². The molecule has 3 rings (SSSR count). The first-order valence-corrected chi connectivity index (χ1v) is 10.8. The predicted octanol–water partition coefficient (Wildman–Crippen LogP) is 3.26. The summed E-state index contributed by atoms with van der Waals surface area (Å²) in [6.07, 6.45) is 0. The average Bonchev–Trinajstić information content (AvgIpc) is 2.74. The van der Waals surface area contributed by atoms with Gasteiger partial charge >= 0.3 is 5.63 Å². The normalized spacial score (nSPS) is 11.3. The molecule has 0 radical (unpaired) electrons. The highest BCUT2D eigenvalue weighted by Crippen LogP contribution is 2.30. The van der Waals surface area contributed by atoms with Crippen LogP contribution in [0.1, 0.15) is 13.8 Å². The van der Waals surface area contributed by atoms with Gasteiger partial charge in [0.1, 0.15) is 11.3 Å². The van der Waals surface area contributed by atoms with Crippen molar-refractivity contribution >= 4 is 43.7 Å². The van der Waals surface area contributed by atoms with Crippen LogP contribution in [-0.4, -0.2) is 31.4 Å². The predicted molar refractivity (Wildman–Crippen MR) is 117 cm³/mol. The van der Waals surface area contributed by atoms with Crippen LogP contribution in [0, 0.1) is 20.2 Å². The summed E-state index contributed by atoms with van der Waals surface area (Å²) in [5.74, 6) is 0. The van der Waals surface area contributed by atoms with Gasteiger partial charge in [-0.05, 0) is 38.1 Å². The number of benzene rings is 2. The first-order valence-electron chi connectivity index (χ1n) is 9.36. The van der Waals surface area contributed by atoms with Crippen LogP contribution in [0.15, 0.2) is 56.6 Å². The van der Waals surface area contributed by atoms with Crippen molar-refractivity contribution in [3.63, 3.8) is 0 Å². The van der Waals surface area contributed by atoms with Crippen LogP contribution >= 0.6 is 0 Å². The third-order valence-electron chi connectivity index (χ3n) is 4.73. The third-order valence-corrected chi connectivity index (χ3v) is 6.14. The Balaban J connectivity index is 2.04. The van der Waals surface area contributed by atoms with Gasteiger partial charge in [-0.1, -0.05) is 0 Å². The first-order chi connectivity index (χ1) is 15.1. The van der Waals surface area contributed by atoms with Crippen LogP contribution in [-0.2, 0) is 10.0 Å². The Bertz CT molecular complexity index is 1380. The second-order valence-corrected chi connectivity index (χ2v) is 8.26. The molecule has 0 aliphatic rings. The SMILES string of the molecule is CCN(CC)c1ccc2cc(NS(=O)(=O)c3ccc([N+](=O)[O-])cc3[N+](=O)[O-])c(=O)oc2c1. The molecule has 0 amide bonds. The fourth-order valence-corrected chi connectivity index (χ4v) is 4.34. The highest BCUT2D eigenvalue weighted by Gasteiger charge is 2.29. The van der Waals surface area contributed by atoms with Crippen molar-refractivity contribution in [3.05, 3.63) is 73.1 Å². The van der Waals surface area contributed by atoms with E-state index in [9.17, 15) is 33.4 Å². The summed E-state index contributed by atoms with van der Waals surface area (Å²) in [4.78, 5) is 33.8. The third kappa shape index (κ3) is 4.37. The lowest BCUT2D eigenvalue weighted by atomic mass is 10.2. The Morgan fingerprint density at radius 2 is 1.69 bits per heavy atom. The molecule has 0 saturated carbocycles. The molecule has 0 bridgehead atoms. The lowest BCUT2D eigenvalue weighted by molar-refractivity contribution is -0.396. The van der Waals surface area contributed by atoms with Crippen molar-refractivity contribution in [3.8, 4) is 0 Å². The van der Waals surface area contributed by atoms with E-state index in [1.165, 1.54) is 6.07 Å². The van der Waals surface area contributed by atoms with E-state index in [1.807, 2.05) is 23.5 Å². The average molecular weight is 462 g/mol. The van der Waals surface area contributed by atoms with Crippen molar-refractivity contribution in [1.29, 1.82) is 0 Å². The van der Waals surface area contributed by atoms with Gasteiger partial charge in [0.25, 0.3) is 21.4 Å². The Hall–Kier alpha value is -4.00. The Morgan fingerprint density at radius 3 is 2.28 bits per heavy atom. The zero-order chi connectivity index (χ0) is 23.6. The number of nitro benzene ring substituents is 2. The van der Waals surface area contributed by atoms with E-state index in [1.54, 1.807) is 18.2 Å². The number of nitrogens with zero attached hydrogens (tertiary/aromatic N) is 3. The Kier molecular flexibility index (Phi) is 6.11. The number of nitro groups is 2. The second-order valence-electron chi connectivity index (χ2n) is 6.61. The largest absolute Gasteiger partial charge is 0.421 e. The van der Waals surface area contributed by atoms with Gasteiger partial charge in [-0.2, -0.15) is 0 Å². The second kappa shape index (κ2) is 8.63. The number of anilines is 2. The minimum absolute atomic E-state index is 0.240. The highest BCUT2D eigenvalue weighted by molar-refractivity contribution is 7.92. The highest BCUT2D eigenvalue weighted by atomic mass is 32.2. The van der Waals surface area contributed by atoms with Gasteiger partial charge < -0.3 is 9.32 Å². The van der Waals surface area contributed by atoms with Crippen LogP contribution in [0.25, 0.3) is 11.0 Å². The van der Waals surface area contributed by atoms with E-state index in [0.717, 1.165) is 30.9 Å². The number of hydrogen-bond acceptors (Lipinski definition) is 9. The van der Waals surface area contributed by atoms with Gasteiger partial charge in [0.2, 0.25) is 0 Å². The topological polar surface area (TPSA) is 166 Å². The maximum atomic E-state index is 12.7. The van der Waals surface area contributed by atoms with Crippen LogP contribution in [0.4, 0.5) is 22.7 Å². The molecule has 0 fully saturated rings. The Morgan fingerprint density at radius 1 is 1.00 bits per heavy atom. The molecule has 168 valence electrons. The van der Waals surface area contributed by atoms with Gasteiger partial charge in [0, 0.05) is 36.3 Å². The number of rotatable bonds is 8. The monoisotopic (exact) mass is 462 g/mol. The van der Waals surface area contributed by atoms with Crippen molar-refractivity contribution in [2.24, 2.45) is 0 Å². The van der Waals surface area contributed by atoms with E-state index >= 15 is 0 Å². The molecule has 2 aromatic carbocycles. The fraction of sp³-hybridized carbons (Fsp3) is 0.211. The first kappa shape index (κ1) is 22.7. The number of fused-ring (bicyclic) bond motifs is 1. The van der Waals surface area contributed by atoms with Gasteiger partial charge in [0.05, 0.1) is 15.9 Å². The molecular formula is C19H18N4O8S. The van der Waals surface area contributed by atoms with E-state index in [-0.39, 0.29) is 5.58 Å². The molecule has 32 heavy (non-hydrogen) atoms. The molecule has 0 saturated heterocycles. The Labute approximate surface area is 181 Å². The summed E-state index contributed by atoms with van der Waals surface area (Å²) in [5.41, 5.74) is -2.04. The molecule has 13 heteroatoms. The van der Waals surface area contributed by atoms with Crippen LogP contribution in [0.2, 0.25) is 0 Å². The molecule has 0 unspecified atom stereocenters. The molecule has 0 atom stereocenters. The summed E-state index contributed by atoms with van der Waals surface area (Å²) >= 11 is 0. The summed E-state index contributed by atoms with van der Waals surface area (Å²) < 4.78 is 32.7. The minimum atomic E-state index is -4.63. The number of hydrogen-bond donors (Lipinski definition) is 1. The van der Waals surface area contributed by atoms with Gasteiger partial charge in [-0.25, -0.2) is 13.2 Å². The molecule has 3 aromatic rings. The molecular weight excluding hydrogens is 444 g/mol. The van der Waals surface area contributed by atoms with Crippen molar-refractivity contribution in [1.82, 2.24) is 0 Å². The maximum Gasteiger partial charge on any atom is 0.360 e. The summed E-state index contributed by atoms with van der Waals surface area (Å²) in [6.45, 7) is 5.41. The van der Waals surface area contributed by atoms with E-state index < -0.39 is 47.5 Å². The van der Waals surface area contributed by atoms with Crippen molar-refractivity contribution < 1.29 is 22.7 Å². The van der Waals surface area contributed by atoms with Gasteiger partial charge in [-0.15, -0.1) is 0 Å². The molecule has 1 heterocycles. The molecule has 0 aliphatic heterocycles. The minimum Gasteiger partial charge on any atom is -0.421 e. The van der Waals surface area contributed by atoms with Gasteiger partial charge in [-0.3, -0.25) is 25.0 Å². The van der Waals surface area contributed by atoms with Crippen molar-refractivity contribution in [2.75, 3.05) is 22.7 Å². The molecule has 1 aromatic heterocycles. The quantitative estimate of drug-likeness (QED) is 0.300. The number of nitrogens with one attached hydrogen (secondary N) is 1. The molecule has 0 spiro atoms. The summed E-state index contributed by atoms with van der Waals surface area (Å²) in [5, 5.41) is 22.6. The smallest absolute Gasteiger partial charge is 0.360 e. The molecule has 1 N–H and O–H groups in total. The van der Waals surface area contributed by atoms with E-state index in [4.69, 9.17) is 4.42 Å². The number of sulfonamides is 1. The summed E-state index contributed by atoms with van der Waals surface area (Å²) in [7, 11) is -4.63. The van der Waals surface area contributed by atoms with Crippen LogP contribution in [0.5, 0.6) is 0 Å². The number of non-ortho nitro benzene ring substituents is 1. The zero-order valence-corrected chi connectivity index (χ0v) is 17.8. The maximum absolute atomic E-state index is 12.7. The zero-order valence-electron chi connectivity index (χ0n) is 17.0. The van der Waals surface area contributed by atoms with Crippen LogP contribution < -0.4 is 15.2 Å². The summed E-state index contributed by atoms with van der Waals surface area (Å²) in [6, 6.07) is 8.43. The van der Waals surface area contributed by atoms with E-state index in [2.05, 4.69) is 0 Å². The standard InChI is InChI=1S/C19H18N4O8S/c1-3-21(4-2)13-6-5-12-9-15(19(24)31-17(12)11-13)20-32(29,30)18-8-7-14(22(25)26)10-16(18)23(27)28/h5-11,20H,3-4H2,1-2H3.